The first-order valence-electron chi connectivity index (χ1n) is 10.3. The summed E-state index contributed by atoms with van der Waals surface area (Å²) in [5.41, 5.74) is 3.96. The molecule has 0 saturated heterocycles. The van der Waals surface area contributed by atoms with Gasteiger partial charge in [-0.2, -0.15) is 0 Å². The summed E-state index contributed by atoms with van der Waals surface area (Å²) in [4.78, 5) is 31.8. The third-order valence-electron chi connectivity index (χ3n) is 4.96. The fourth-order valence-electron chi connectivity index (χ4n) is 3.80. The molecule has 1 aliphatic heterocycles. The molecule has 1 aromatic heterocycles. The number of carbonyl (C=O) groups is 2. The molecule has 0 aliphatic carbocycles. The lowest BCUT2D eigenvalue weighted by Gasteiger charge is -2.27. The maximum atomic E-state index is 12.9. The average molecular weight is 396 g/mol. The minimum Gasteiger partial charge on any atom is -0.461 e. The van der Waals surface area contributed by atoms with Crippen LogP contribution >= 0.6 is 0 Å². The summed E-state index contributed by atoms with van der Waals surface area (Å²) in [6, 6.07) is 11.5. The number of nitrogens with zero attached hydrogens (tertiary/aromatic N) is 2. The molecule has 0 spiro atoms. The van der Waals surface area contributed by atoms with Crippen molar-refractivity contribution in [1.82, 2.24) is 15.2 Å². The summed E-state index contributed by atoms with van der Waals surface area (Å²) in [6.07, 6.45) is 1.77. The van der Waals surface area contributed by atoms with Gasteiger partial charge in [0.2, 0.25) is 0 Å². The molecule has 2 heterocycles. The van der Waals surface area contributed by atoms with Gasteiger partial charge in [0.05, 0.1) is 18.3 Å². The smallest absolute Gasteiger partial charge is 0.356 e. The number of carbonyl (C=O) groups excluding carboxylic acids is 2. The molecule has 29 heavy (non-hydrogen) atoms. The number of urea groups is 1. The van der Waals surface area contributed by atoms with E-state index in [1.54, 1.807) is 13.0 Å². The van der Waals surface area contributed by atoms with Gasteiger partial charge in [-0.15, -0.1) is 0 Å². The van der Waals surface area contributed by atoms with E-state index in [1.807, 2.05) is 49.1 Å². The fourth-order valence-corrected chi connectivity index (χ4v) is 3.80. The van der Waals surface area contributed by atoms with E-state index in [2.05, 4.69) is 17.2 Å². The third kappa shape index (κ3) is 4.42. The predicted octanol–water partition coefficient (Wildman–Crippen LogP) is 4.70. The van der Waals surface area contributed by atoms with Gasteiger partial charge in [-0.25, -0.2) is 14.6 Å². The molecule has 0 radical (unpaired) electrons. The number of nitrogens with one attached hydrogen (secondary N) is 1. The Morgan fingerprint density at radius 1 is 1.24 bits per heavy atom. The van der Waals surface area contributed by atoms with Crippen molar-refractivity contribution in [2.24, 2.45) is 0 Å². The van der Waals surface area contributed by atoms with E-state index in [-0.39, 0.29) is 23.8 Å². The van der Waals surface area contributed by atoms with Crippen molar-refractivity contribution in [3.8, 4) is 11.3 Å². The van der Waals surface area contributed by atoms with Crippen LogP contribution < -0.4 is 5.32 Å². The Bertz CT molecular complexity index is 880. The monoisotopic (exact) mass is 395 g/mol. The van der Waals surface area contributed by atoms with Crippen molar-refractivity contribution in [1.29, 1.82) is 0 Å². The second-order valence-electron chi connectivity index (χ2n) is 7.55. The number of ether oxygens (including phenoxy) is 1. The average Bonchev–Trinajstić information content (AvgIpc) is 3.06. The Hall–Kier alpha value is -2.89. The molecule has 2 aromatic rings. The van der Waals surface area contributed by atoms with Gasteiger partial charge in [0.15, 0.2) is 0 Å². The third-order valence-corrected chi connectivity index (χ3v) is 4.96. The molecule has 1 N–H and O–H groups in total. The van der Waals surface area contributed by atoms with Crippen LogP contribution in [0.5, 0.6) is 0 Å². The van der Waals surface area contributed by atoms with Crippen molar-refractivity contribution in [2.75, 3.05) is 6.61 Å². The molecule has 2 amide bonds. The zero-order valence-corrected chi connectivity index (χ0v) is 17.6. The van der Waals surface area contributed by atoms with E-state index in [9.17, 15) is 9.59 Å². The van der Waals surface area contributed by atoms with Gasteiger partial charge < -0.3 is 15.0 Å². The number of esters is 1. The number of amides is 2. The fraction of sp³-hybridized carbons (Fsp3) is 0.435. The highest BCUT2D eigenvalue weighted by Crippen LogP contribution is 2.42. The van der Waals surface area contributed by atoms with Crippen LogP contribution in [-0.2, 0) is 11.3 Å². The number of benzene rings is 1. The second-order valence-corrected chi connectivity index (χ2v) is 7.55. The lowest BCUT2D eigenvalue weighted by molar-refractivity contribution is 0.0519. The lowest BCUT2D eigenvalue weighted by atomic mass is 9.95. The normalized spacial score (nSPS) is 15.3. The zero-order valence-electron chi connectivity index (χ0n) is 17.6. The van der Waals surface area contributed by atoms with Crippen LogP contribution in [0.1, 0.15) is 68.2 Å². The first kappa shape index (κ1) is 20.8. The Morgan fingerprint density at radius 3 is 2.59 bits per heavy atom. The molecule has 1 aromatic carbocycles. The molecule has 0 saturated carbocycles. The van der Waals surface area contributed by atoms with Gasteiger partial charge in [0, 0.05) is 23.7 Å². The second kappa shape index (κ2) is 9.07. The highest BCUT2D eigenvalue weighted by molar-refractivity contribution is 5.89. The summed E-state index contributed by atoms with van der Waals surface area (Å²) in [6.45, 7) is 8.53. The van der Waals surface area contributed by atoms with E-state index in [1.165, 1.54) is 0 Å². The van der Waals surface area contributed by atoms with E-state index in [0.717, 1.165) is 35.2 Å². The van der Waals surface area contributed by atoms with Gasteiger partial charge in [-0.05, 0) is 38.8 Å². The number of aromatic nitrogens is 1. The minimum atomic E-state index is -0.440. The number of hydrogen-bond acceptors (Lipinski definition) is 4. The maximum absolute atomic E-state index is 12.9. The molecule has 3 rings (SSSR count). The summed E-state index contributed by atoms with van der Waals surface area (Å²) in [5.74, 6) is -0.440. The Kier molecular flexibility index (Phi) is 6.52. The Labute approximate surface area is 172 Å². The molecule has 1 atom stereocenters. The molecular formula is C23H29N3O3. The van der Waals surface area contributed by atoms with Crippen molar-refractivity contribution in [2.45, 2.75) is 59.2 Å². The first-order valence-corrected chi connectivity index (χ1v) is 10.3. The van der Waals surface area contributed by atoms with Crippen LogP contribution in [0.25, 0.3) is 11.3 Å². The number of rotatable bonds is 6. The quantitative estimate of drug-likeness (QED) is 0.720. The van der Waals surface area contributed by atoms with Crippen LogP contribution in [0, 0.1) is 0 Å². The van der Waals surface area contributed by atoms with Crippen molar-refractivity contribution in [3.05, 3.63) is 53.2 Å². The van der Waals surface area contributed by atoms with E-state index < -0.39 is 5.97 Å². The molecule has 0 unspecified atom stereocenters. The molecule has 0 fully saturated rings. The molecule has 1 aliphatic rings. The van der Waals surface area contributed by atoms with Crippen LogP contribution in [0.4, 0.5) is 4.79 Å². The van der Waals surface area contributed by atoms with Crippen LogP contribution in [-0.4, -0.2) is 34.5 Å². The molecule has 6 heteroatoms. The van der Waals surface area contributed by atoms with Crippen LogP contribution in [0.2, 0.25) is 0 Å². The lowest BCUT2D eigenvalue weighted by Crippen LogP contribution is -2.42. The molecule has 6 nitrogen and oxygen atoms in total. The number of hydrogen-bond donors (Lipinski definition) is 1. The summed E-state index contributed by atoms with van der Waals surface area (Å²) < 4.78 is 5.19. The van der Waals surface area contributed by atoms with Crippen molar-refractivity contribution >= 4 is 12.0 Å². The maximum Gasteiger partial charge on any atom is 0.356 e. The topological polar surface area (TPSA) is 71.5 Å². The zero-order chi connectivity index (χ0) is 21.0. The summed E-state index contributed by atoms with van der Waals surface area (Å²) in [5, 5.41) is 3.00. The van der Waals surface area contributed by atoms with Gasteiger partial charge in [0.25, 0.3) is 0 Å². The van der Waals surface area contributed by atoms with Crippen molar-refractivity contribution in [3.63, 3.8) is 0 Å². The highest BCUT2D eigenvalue weighted by atomic mass is 16.5. The molecular weight excluding hydrogens is 366 g/mol. The van der Waals surface area contributed by atoms with E-state index in [4.69, 9.17) is 4.74 Å². The highest BCUT2D eigenvalue weighted by Gasteiger charge is 2.37. The van der Waals surface area contributed by atoms with Gasteiger partial charge in [-0.1, -0.05) is 43.7 Å². The summed E-state index contributed by atoms with van der Waals surface area (Å²) >= 11 is 0. The first-order chi connectivity index (χ1) is 14.0. The Morgan fingerprint density at radius 2 is 1.97 bits per heavy atom. The summed E-state index contributed by atoms with van der Waals surface area (Å²) in [7, 11) is 0. The minimum absolute atomic E-state index is 0.0512. The standard InChI is InChI=1S/C23H29N3O3/c1-5-10-19-20-17(14-26(19)23(28)24-15(3)4)13-18(22(27)29-6-2)25-21(20)16-11-8-7-9-12-16/h7-9,11-13,15,19H,5-6,10,14H2,1-4H3,(H,24,28)/t19-/m1/s1. The number of fused-ring (bicyclic) bond motifs is 1. The molecule has 154 valence electrons. The largest absolute Gasteiger partial charge is 0.461 e. The van der Waals surface area contributed by atoms with Gasteiger partial charge in [0.1, 0.15) is 5.69 Å². The SMILES string of the molecule is CCC[C@@H]1c2c(cc(C(=O)OCC)nc2-c2ccccc2)CN1C(=O)NC(C)C. The van der Waals surface area contributed by atoms with Crippen LogP contribution in [0.3, 0.4) is 0 Å². The van der Waals surface area contributed by atoms with E-state index in [0.29, 0.717) is 13.2 Å². The Balaban J connectivity index is 2.13. The predicted molar refractivity (Wildman–Crippen MR) is 112 cm³/mol. The van der Waals surface area contributed by atoms with Gasteiger partial charge >= 0.3 is 12.0 Å². The van der Waals surface area contributed by atoms with Gasteiger partial charge in [-0.3, -0.25) is 0 Å². The van der Waals surface area contributed by atoms with Crippen molar-refractivity contribution < 1.29 is 14.3 Å². The van der Waals surface area contributed by atoms with E-state index >= 15 is 0 Å². The van der Waals surface area contributed by atoms with Crippen LogP contribution in [0.15, 0.2) is 36.4 Å². The molecule has 0 bridgehead atoms. The number of pyridine rings is 1.